The first-order valence-electron chi connectivity index (χ1n) is 12.9. The summed E-state index contributed by atoms with van der Waals surface area (Å²) in [6.45, 7) is 12.6. The number of nitrogens with one attached hydrogen (secondary N) is 1. The first kappa shape index (κ1) is 25.0. The fraction of sp³-hybridized carbons (Fsp3) is 0.357. The Bertz CT molecular complexity index is 1220. The Morgan fingerprint density at radius 3 is 2.89 bits per heavy atom. The monoisotopic (exact) mass is 494 g/mol. The third kappa shape index (κ3) is 6.17. The Morgan fingerprint density at radius 1 is 1.24 bits per heavy atom. The molecule has 0 saturated carbocycles. The molecule has 0 bridgehead atoms. The molecule has 3 aliphatic rings. The average molecular weight is 494 g/mol. The number of benzene rings is 1. The topological polar surface area (TPSA) is 62.6 Å². The van der Waals surface area contributed by atoms with Crippen molar-refractivity contribution in [3.05, 3.63) is 78.4 Å². The number of likely N-dealkylation sites (tertiary alicyclic amines) is 1. The number of aromatic nitrogens is 1. The quantitative estimate of drug-likeness (QED) is 0.450. The molecule has 4 heterocycles. The molecular formula is C28H35BN8. The van der Waals surface area contributed by atoms with Crippen LogP contribution in [-0.4, -0.2) is 92.0 Å². The van der Waals surface area contributed by atoms with E-state index < -0.39 is 0 Å². The van der Waals surface area contributed by atoms with E-state index >= 15 is 0 Å². The number of aliphatic imine (C=N–C) groups is 1. The molecule has 1 aromatic heterocycles. The van der Waals surface area contributed by atoms with Crippen LogP contribution < -0.4 is 10.2 Å². The van der Waals surface area contributed by atoms with Gasteiger partial charge in [-0.25, -0.2) is 0 Å². The zero-order valence-corrected chi connectivity index (χ0v) is 21.8. The van der Waals surface area contributed by atoms with Gasteiger partial charge in [-0.1, -0.05) is 6.58 Å². The SMILES string of the molecule is C=CN(C)/N=C\CC1=N/C=C2/CN(Cc3cccc(-c4bcc(N5CCN(C)CC5)cn4)c3)/C2=C\NC1. The summed E-state index contributed by atoms with van der Waals surface area (Å²) in [5.74, 6) is 2.20. The van der Waals surface area contributed by atoms with Crippen molar-refractivity contribution in [2.45, 2.75) is 13.0 Å². The van der Waals surface area contributed by atoms with Gasteiger partial charge in [0.15, 0.2) is 0 Å². The normalized spacial score (nSPS) is 20.8. The maximum atomic E-state index is 4.80. The van der Waals surface area contributed by atoms with Gasteiger partial charge in [0.2, 0.25) is 0 Å². The molecule has 2 aromatic rings. The van der Waals surface area contributed by atoms with Crippen molar-refractivity contribution in [3.63, 3.8) is 0 Å². The Hall–Kier alpha value is -3.72. The standard InChI is InChI=1S/C28H35BN8/c1-4-35(3)33-9-8-25-17-30-19-27-24(16-31-25)21-37(27)20-22-6-5-7-23(14-22)28-29-15-26(18-32-28)36-12-10-34(2)11-13-36/h4-7,9,14-16,18-19,30H,1,8,10-13,17,20-21H2,2-3H3/b24-16-,27-19-,31-25?,33-9-. The van der Waals surface area contributed by atoms with Crippen LogP contribution in [0.4, 0.5) is 5.69 Å². The fourth-order valence-corrected chi connectivity index (χ4v) is 4.70. The van der Waals surface area contributed by atoms with Crippen LogP contribution in [0.2, 0.25) is 0 Å². The van der Waals surface area contributed by atoms with Gasteiger partial charge in [-0.05, 0) is 0 Å². The van der Waals surface area contributed by atoms with Gasteiger partial charge in [0.25, 0.3) is 0 Å². The van der Waals surface area contributed by atoms with Gasteiger partial charge in [-0.15, -0.1) is 0 Å². The predicted octanol–water partition coefficient (Wildman–Crippen LogP) is 2.87. The average Bonchev–Trinajstić information content (AvgIpc) is 2.91. The Kier molecular flexibility index (Phi) is 7.80. The molecule has 3 aliphatic heterocycles. The summed E-state index contributed by atoms with van der Waals surface area (Å²) in [6, 6.07) is 8.72. The summed E-state index contributed by atoms with van der Waals surface area (Å²) < 4.78 is 0. The number of hydrazone groups is 1. The van der Waals surface area contributed by atoms with E-state index in [9.17, 15) is 0 Å². The molecule has 2 fully saturated rings. The van der Waals surface area contributed by atoms with Crippen LogP contribution in [0.15, 0.2) is 83.0 Å². The van der Waals surface area contributed by atoms with E-state index in [-0.39, 0.29) is 0 Å². The second-order valence-electron chi connectivity index (χ2n) is 9.77. The van der Waals surface area contributed by atoms with E-state index in [1.807, 2.05) is 25.7 Å². The molecule has 37 heavy (non-hydrogen) atoms. The number of likely N-dealkylation sites (N-methyl/N-ethyl adjacent to an activating group) is 1. The molecule has 0 aliphatic carbocycles. The van der Waals surface area contributed by atoms with Crippen molar-refractivity contribution < 1.29 is 0 Å². The second kappa shape index (κ2) is 11.6. The van der Waals surface area contributed by atoms with E-state index in [2.05, 4.69) is 82.1 Å². The third-order valence-corrected chi connectivity index (χ3v) is 7.05. The number of rotatable bonds is 8. The Morgan fingerprint density at radius 2 is 2.11 bits per heavy atom. The Labute approximate surface area is 220 Å². The molecule has 0 amide bonds. The van der Waals surface area contributed by atoms with Crippen LogP contribution in [0.5, 0.6) is 0 Å². The summed E-state index contributed by atoms with van der Waals surface area (Å²) in [4.78, 5) is 16.7. The first-order chi connectivity index (χ1) is 18.1. The van der Waals surface area contributed by atoms with Crippen molar-refractivity contribution in [2.75, 3.05) is 58.3 Å². The van der Waals surface area contributed by atoms with Crippen molar-refractivity contribution in [2.24, 2.45) is 10.1 Å². The van der Waals surface area contributed by atoms with Gasteiger partial charge in [-0.3, -0.25) is 5.01 Å². The number of hydrogen-bond acceptors (Lipinski definition) is 8. The van der Waals surface area contributed by atoms with Gasteiger partial charge in [0.1, 0.15) is 0 Å². The van der Waals surface area contributed by atoms with Crippen LogP contribution in [-0.2, 0) is 6.54 Å². The molecule has 0 spiro atoms. The molecule has 8 nitrogen and oxygen atoms in total. The summed E-state index contributed by atoms with van der Waals surface area (Å²) >= 11 is 0. The van der Waals surface area contributed by atoms with Crippen molar-refractivity contribution in [1.82, 2.24) is 25.1 Å². The van der Waals surface area contributed by atoms with Gasteiger partial charge in [0, 0.05) is 19.5 Å². The minimum atomic E-state index is 0.705. The molecule has 5 rings (SSSR count). The van der Waals surface area contributed by atoms with Crippen molar-refractivity contribution in [1.29, 1.82) is 0 Å². The molecule has 1 aromatic carbocycles. The zero-order chi connectivity index (χ0) is 25.6. The molecular weight excluding hydrogens is 459 g/mol. The minimum absolute atomic E-state index is 0.705. The number of anilines is 1. The molecule has 2 saturated heterocycles. The summed E-state index contributed by atoms with van der Waals surface area (Å²) in [5.41, 5.74) is 8.17. The van der Waals surface area contributed by atoms with Crippen LogP contribution in [0.1, 0.15) is 12.0 Å². The molecule has 0 atom stereocenters. The van der Waals surface area contributed by atoms with Gasteiger partial charge in [-0.2, -0.15) is 5.10 Å². The van der Waals surface area contributed by atoms with E-state index in [1.54, 1.807) is 11.2 Å². The van der Waals surface area contributed by atoms with Gasteiger partial charge >= 0.3 is 184 Å². The predicted molar refractivity (Wildman–Crippen MR) is 154 cm³/mol. The van der Waals surface area contributed by atoms with E-state index in [1.165, 1.54) is 22.5 Å². The van der Waals surface area contributed by atoms with Crippen LogP contribution in [0.25, 0.3) is 11.2 Å². The molecule has 190 valence electrons. The molecule has 0 radical (unpaired) electrons. The number of fused-ring (bicyclic) bond motifs is 1. The van der Waals surface area contributed by atoms with E-state index in [0.717, 1.165) is 56.1 Å². The number of nitrogens with zero attached hydrogens (tertiary/aromatic N) is 7. The molecule has 1 N–H and O–H groups in total. The van der Waals surface area contributed by atoms with E-state index in [4.69, 9.17) is 9.98 Å². The van der Waals surface area contributed by atoms with Gasteiger partial charge < -0.3 is 0 Å². The first-order valence-corrected chi connectivity index (χ1v) is 12.9. The molecule has 9 heteroatoms. The van der Waals surface area contributed by atoms with E-state index in [0.29, 0.717) is 13.0 Å². The Balaban J connectivity index is 1.20. The molecule has 0 unspecified atom stereocenters. The number of piperazine rings is 1. The zero-order valence-electron chi connectivity index (χ0n) is 21.8. The van der Waals surface area contributed by atoms with Crippen molar-refractivity contribution >= 4 is 24.5 Å². The third-order valence-electron chi connectivity index (χ3n) is 7.05. The van der Waals surface area contributed by atoms with Gasteiger partial charge in [0.05, 0.1) is 0 Å². The second-order valence-corrected chi connectivity index (χ2v) is 9.77. The summed E-state index contributed by atoms with van der Waals surface area (Å²) in [7, 11) is 4.04. The summed E-state index contributed by atoms with van der Waals surface area (Å²) in [5, 5.41) is 9.39. The number of hydrogen-bond donors (Lipinski definition) is 1. The summed E-state index contributed by atoms with van der Waals surface area (Å²) in [6.07, 6.45) is 10.4. The van der Waals surface area contributed by atoms with Crippen LogP contribution >= 0.6 is 0 Å². The van der Waals surface area contributed by atoms with Crippen molar-refractivity contribution in [3.8, 4) is 11.2 Å². The fourth-order valence-electron chi connectivity index (χ4n) is 4.70. The maximum absolute atomic E-state index is 4.80. The van der Waals surface area contributed by atoms with Crippen LogP contribution in [0.3, 0.4) is 0 Å². The van der Waals surface area contributed by atoms with Crippen LogP contribution in [0, 0.1) is 0 Å².